The Morgan fingerprint density at radius 1 is 1.21 bits per heavy atom. The van der Waals surface area contributed by atoms with Crippen LogP contribution in [0, 0.1) is 0 Å². The lowest BCUT2D eigenvalue weighted by Crippen LogP contribution is -2.48. The van der Waals surface area contributed by atoms with Crippen LogP contribution in [0.4, 0.5) is 0 Å². The Morgan fingerprint density at radius 3 is 2.66 bits per heavy atom. The van der Waals surface area contributed by atoms with Crippen LogP contribution >= 0.6 is 0 Å². The SMILES string of the molecule is CCCCCCC1CC(=O)C=CN1C(Cc1ccccc1)C(=O)OCC=C(C)C. The highest BCUT2D eigenvalue weighted by Crippen LogP contribution is 2.24. The third kappa shape index (κ3) is 7.88. The van der Waals surface area contributed by atoms with Gasteiger partial charge in [0.05, 0.1) is 0 Å². The second kappa shape index (κ2) is 12.3. The first kappa shape index (κ1) is 22.9. The van der Waals surface area contributed by atoms with E-state index in [9.17, 15) is 9.59 Å². The van der Waals surface area contributed by atoms with E-state index < -0.39 is 6.04 Å². The van der Waals surface area contributed by atoms with Gasteiger partial charge in [-0.05, 0) is 38.0 Å². The van der Waals surface area contributed by atoms with Gasteiger partial charge in [0.15, 0.2) is 5.78 Å². The molecule has 4 heteroatoms. The van der Waals surface area contributed by atoms with Crippen LogP contribution in [0.25, 0.3) is 0 Å². The van der Waals surface area contributed by atoms with Crippen molar-refractivity contribution in [1.82, 2.24) is 4.90 Å². The summed E-state index contributed by atoms with van der Waals surface area (Å²) in [6.07, 6.45) is 11.9. The van der Waals surface area contributed by atoms with E-state index in [1.807, 2.05) is 56.5 Å². The zero-order chi connectivity index (χ0) is 21.1. The van der Waals surface area contributed by atoms with Gasteiger partial charge in [-0.15, -0.1) is 0 Å². The number of carbonyl (C=O) groups is 2. The number of hydrogen-bond donors (Lipinski definition) is 0. The summed E-state index contributed by atoms with van der Waals surface area (Å²) in [4.78, 5) is 27.2. The molecule has 0 fully saturated rings. The maximum Gasteiger partial charge on any atom is 0.329 e. The number of ketones is 1. The number of hydrogen-bond acceptors (Lipinski definition) is 4. The normalized spacial score (nSPS) is 17.1. The van der Waals surface area contributed by atoms with Crippen LogP contribution in [0.5, 0.6) is 0 Å². The van der Waals surface area contributed by atoms with Gasteiger partial charge in [-0.25, -0.2) is 4.79 Å². The van der Waals surface area contributed by atoms with Crippen LogP contribution < -0.4 is 0 Å². The molecular formula is C25H35NO3. The minimum Gasteiger partial charge on any atom is -0.460 e. The molecule has 4 nitrogen and oxygen atoms in total. The molecule has 0 amide bonds. The van der Waals surface area contributed by atoms with E-state index in [2.05, 4.69) is 11.8 Å². The molecule has 29 heavy (non-hydrogen) atoms. The monoisotopic (exact) mass is 397 g/mol. The molecule has 2 atom stereocenters. The molecule has 0 radical (unpaired) electrons. The molecule has 0 saturated carbocycles. The number of unbranched alkanes of at least 4 members (excludes halogenated alkanes) is 3. The maximum atomic E-state index is 13.0. The molecule has 0 aromatic heterocycles. The van der Waals surface area contributed by atoms with Crippen LogP contribution in [0.15, 0.2) is 54.3 Å². The molecule has 0 bridgehead atoms. The summed E-state index contributed by atoms with van der Waals surface area (Å²) < 4.78 is 5.58. The molecule has 0 aliphatic carbocycles. The smallest absolute Gasteiger partial charge is 0.329 e. The Morgan fingerprint density at radius 2 is 1.97 bits per heavy atom. The van der Waals surface area contributed by atoms with Crippen LogP contribution in [0.3, 0.4) is 0 Å². The standard InChI is InChI=1S/C25H35NO3/c1-4-5-6-10-13-22-19-23(27)14-16-26(22)24(18-21-11-8-7-9-12-21)25(28)29-17-15-20(2)3/h7-9,11-12,14-16,22,24H,4-6,10,13,17-19H2,1-3H3. The minimum absolute atomic E-state index is 0.0501. The van der Waals surface area contributed by atoms with Crippen LogP contribution in [-0.2, 0) is 20.7 Å². The molecular weight excluding hydrogens is 362 g/mol. The molecule has 0 N–H and O–H groups in total. The lowest BCUT2D eigenvalue weighted by atomic mass is 9.95. The Labute approximate surface area is 175 Å². The fourth-order valence-electron chi connectivity index (χ4n) is 3.65. The van der Waals surface area contributed by atoms with E-state index in [1.54, 1.807) is 6.08 Å². The topological polar surface area (TPSA) is 46.6 Å². The van der Waals surface area contributed by atoms with Gasteiger partial charge < -0.3 is 9.64 Å². The molecule has 0 spiro atoms. The van der Waals surface area contributed by atoms with Crippen molar-refractivity contribution < 1.29 is 14.3 Å². The van der Waals surface area contributed by atoms with Crippen molar-refractivity contribution in [2.75, 3.05) is 6.61 Å². The average Bonchev–Trinajstić information content (AvgIpc) is 2.70. The molecule has 1 aromatic carbocycles. The van der Waals surface area contributed by atoms with Gasteiger partial charge >= 0.3 is 5.97 Å². The van der Waals surface area contributed by atoms with E-state index in [0.717, 1.165) is 30.4 Å². The zero-order valence-corrected chi connectivity index (χ0v) is 18.1. The summed E-state index contributed by atoms with van der Waals surface area (Å²) in [6, 6.07) is 9.63. The molecule has 1 aliphatic heterocycles. The Balaban J connectivity index is 2.18. The summed E-state index contributed by atoms with van der Waals surface area (Å²) in [5, 5.41) is 0. The second-order valence-corrected chi connectivity index (χ2v) is 8.05. The van der Waals surface area contributed by atoms with Crippen LogP contribution in [0.2, 0.25) is 0 Å². The zero-order valence-electron chi connectivity index (χ0n) is 18.1. The minimum atomic E-state index is -0.427. The predicted molar refractivity (Wildman–Crippen MR) is 117 cm³/mol. The molecule has 0 saturated heterocycles. The predicted octanol–water partition coefficient (Wildman–Crippen LogP) is 5.23. The van der Waals surface area contributed by atoms with Crippen molar-refractivity contribution in [3.63, 3.8) is 0 Å². The Hall–Kier alpha value is -2.36. The summed E-state index contributed by atoms with van der Waals surface area (Å²) in [6.45, 7) is 6.45. The summed E-state index contributed by atoms with van der Waals surface area (Å²) in [5.74, 6) is -0.0954. The number of esters is 1. The average molecular weight is 398 g/mol. The number of rotatable bonds is 11. The van der Waals surface area contributed by atoms with Crippen molar-refractivity contribution in [3.05, 3.63) is 59.8 Å². The summed E-state index contributed by atoms with van der Waals surface area (Å²) >= 11 is 0. The molecule has 2 rings (SSSR count). The largest absolute Gasteiger partial charge is 0.460 e. The van der Waals surface area contributed by atoms with E-state index in [4.69, 9.17) is 4.74 Å². The van der Waals surface area contributed by atoms with Crippen molar-refractivity contribution in [2.24, 2.45) is 0 Å². The Kier molecular flexibility index (Phi) is 9.69. The number of benzene rings is 1. The van der Waals surface area contributed by atoms with E-state index in [0.29, 0.717) is 12.8 Å². The first-order valence-corrected chi connectivity index (χ1v) is 10.8. The van der Waals surface area contributed by atoms with Crippen molar-refractivity contribution in [1.29, 1.82) is 0 Å². The van der Waals surface area contributed by atoms with E-state index in [-0.39, 0.29) is 24.4 Å². The lowest BCUT2D eigenvalue weighted by molar-refractivity contribution is -0.149. The quantitative estimate of drug-likeness (QED) is 0.291. The van der Waals surface area contributed by atoms with Gasteiger partial charge in [0, 0.05) is 25.1 Å². The van der Waals surface area contributed by atoms with E-state index in [1.165, 1.54) is 12.8 Å². The second-order valence-electron chi connectivity index (χ2n) is 8.05. The fraction of sp³-hybridized carbons (Fsp3) is 0.520. The molecule has 158 valence electrons. The first-order valence-electron chi connectivity index (χ1n) is 10.8. The summed E-state index contributed by atoms with van der Waals surface area (Å²) in [5.41, 5.74) is 2.21. The third-order valence-electron chi connectivity index (χ3n) is 5.30. The number of allylic oxidation sites excluding steroid dienone is 2. The lowest BCUT2D eigenvalue weighted by Gasteiger charge is -2.38. The van der Waals surface area contributed by atoms with Crippen LogP contribution in [0.1, 0.15) is 64.9 Å². The highest BCUT2D eigenvalue weighted by atomic mass is 16.5. The van der Waals surface area contributed by atoms with Crippen molar-refractivity contribution in [3.8, 4) is 0 Å². The summed E-state index contributed by atoms with van der Waals surface area (Å²) in [7, 11) is 0. The van der Waals surface area contributed by atoms with Gasteiger partial charge in [-0.3, -0.25) is 4.79 Å². The van der Waals surface area contributed by atoms with Gasteiger partial charge in [0.25, 0.3) is 0 Å². The number of nitrogens with zero attached hydrogens (tertiary/aromatic N) is 1. The Bertz CT molecular complexity index is 704. The first-order chi connectivity index (χ1) is 14.0. The molecule has 1 aromatic rings. The van der Waals surface area contributed by atoms with Gasteiger partial charge in [0.2, 0.25) is 0 Å². The van der Waals surface area contributed by atoms with Gasteiger partial charge in [-0.1, -0.05) is 68.5 Å². The van der Waals surface area contributed by atoms with Crippen molar-refractivity contribution in [2.45, 2.75) is 77.8 Å². The highest BCUT2D eigenvalue weighted by molar-refractivity contribution is 5.91. The molecule has 1 heterocycles. The van der Waals surface area contributed by atoms with Gasteiger partial charge in [0.1, 0.15) is 12.6 Å². The highest BCUT2D eigenvalue weighted by Gasteiger charge is 2.33. The van der Waals surface area contributed by atoms with Crippen molar-refractivity contribution >= 4 is 11.8 Å². The third-order valence-corrected chi connectivity index (χ3v) is 5.30. The van der Waals surface area contributed by atoms with Crippen LogP contribution in [-0.4, -0.2) is 35.3 Å². The number of ether oxygens (including phenoxy) is 1. The van der Waals surface area contributed by atoms with E-state index >= 15 is 0 Å². The number of carbonyl (C=O) groups excluding carboxylic acids is 2. The molecule has 1 aliphatic rings. The molecule has 2 unspecified atom stereocenters. The fourth-order valence-corrected chi connectivity index (χ4v) is 3.65. The van der Waals surface area contributed by atoms with Gasteiger partial charge in [-0.2, -0.15) is 0 Å². The maximum absolute atomic E-state index is 13.0.